The second-order valence-electron chi connectivity index (χ2n) is 5.37. The molecular formula is C17H19FN2O2. The van der Waals surface area contributed by atoms with Gasteiger partial charge in [0.1, 0.15) is 17.7 Å². The van der Waals surface area contributed by atoms with Crippen LogP contribution >= 0.6 is 0 Å². The summed E-state index contributed by atoms with van der Waals surface area (Å²) in [4.78, 5) is 6.32. The van der Waals surface area contributed by atoms with Crippen molar-refractivity contribution < 1.29 is 13.9 Å². The average molecular weight is 302 g/mol. The summed E-state index contributed by atoms with van der Waals surface area (Å²) in [6.45, 7) is 3.61. The Labute approximate surface area is 129 Å². The van der Waals surface area contributed by atoms with Crippen LogP contribution in [0.15, 0.2) is 48.8 Å². The number of benzene rings is 1. The Morgan fingerprint density at radius 1 is 1.27 bits per heavy atom. The maximum absolute atomic E-state index is 13.0. The monoisotopic (exact) mass is 302 g/mol. The molecule has 2 heterocycles. The Morgan fingerprint density at radius 2 is 2.14 bits per heavy atom. The van der Waals surface area contributed by atoms with Gasteiger partial charge >= 0.3 is 0 Å². The average Bonchev–Trinajstić information content (AvgIpc) is 2.76. The van der Waals surface area contributed by atoms with E-state index in [1.165, 1.54) is 12.1 Å². The lowest BCUT2D eigenvalue weighted by Crippen LogP contribution is -2.35. The van der Waals surface area contributed by atoms with Crippen LogP contribution in [-0.2, 0) is 11.3 Å². The quantitative estimate of drug-likeness (QED) is 0.869. The molecule has 0 bridgehead atoms. The van der Waals surface area contributed by atoms with Crippen molar-refractivity contribution in [3.05, 3.63) is 60.2 Å². The predicted molar refractivity (Wildman–Crippen MR) is 81.1 cm³/mol. The molecule has 0 spiro atoms. The number of hydrogen-bond donors (Lipinski definition) is 0. The van der Waals surface area contributed by atoms with E-state index in [1.807, 2.05) is 24.3 Å². The van der Waals surface area contributed by atoms with Gasteiger partial charge in [-0.15, -0.1) is 0 Å². The van der Waals surface area contributed by atoms with Crippen molar-refractivity contribution in [3.63, 3.8) is 0 Å². The molecule has 1 saturated heterocycles. The van der Waals surface area contributed by atoms with Gasteiger partial charge in [0.2, 0.25) is 0 Å². The van der Waals surface area contributed by atoms with E-state index in [0.29, 0.717) is 13.2 Å². The summed E-state index contributed by atoms with van der Waals surface area (Å²) in [5.41, 5.74) is 1.09. The molecule has 4 nitrogen and oxygen atoms in total. The smallest absolute Gasteiger partial charge is 0.138 e. The molecule has 1 aliphatic rings. The molecule has 0 unspecified atom stereocenters. The molecule has 5 heteroatoms. The van der Waals surface area contributed by atoms with Gasteiger partial charge in [-0.2, -0.15) is 0 Å². The van der Waals surface area contributed by atoms with Crippen LogP contribution in [0.2, 0.25) is 0 Å². The summed E-state index contributed by atoms with van der Waals surface area (Å²) in [5, 5.41) is 0. The Balaban J connectivity index is 1.61. The Hall–Kier alpha value is -1.98. The fourth-order valence-corrected chi connectivity index (χ4v) is 2.51. The van der Waals surface area contributed by atoms with Gasteiger partial charge in [-0.3, -0.25) is 9.88 Å². The molecule has 1 aliphatic heterocycles. The molecule has 22 heavy (non-hydrogen) atoms. The summed E-state index contributed by atoms with van der Waals surface area (Å²) >= 11 is 0. The third-order valence-electron chi connectivity index (χ3n) is 3.57. The van der Waals surface area contributed by atoms with Crippen molar-refractivity contribution in [1.82, 2.24) is 9.88 Å². The maximum Gasteiger partial charge on any atom is 0.138 e. The Bertz CT molecular complexity index is 577. The van der Waals surface area contributed by atoms with Gasteiger partial charge in [0.25, 0.3) is 0 Å². The molecule has 3 rings (SSSR count). The first kappa shape index (κ1) is 14.9. The third kappa shape index (κ3) is 4.26. The molecule has 2 aromatic rings. The number of ether oxygens (including phenoxy) is 2. The van der Waals surface area contributed by atoms with Crippen molar-refractivity contribution in [2.45, 2.75) is 12.6 Å². The first-order valence-electron chi connectivity index (χ1n) is 7.41. The fraction of sp³-hybridized carbons (Fsp3) is 0.353. The van der Waals surface area contributed by atoms with Crippen LogP contribution in [0.25, 0.3) is 0 Å². The van der Waals surface area contributed by atoms with E-state index in [2.05, 4.69) is 9.88 Å². The van der Waals surface area contributed by atoms with E-state index >= 15 is 0 Å². The number of halogens is 1. The van der Waals surface area contributed by atoms with Crippen LogP contribution in [0, 0.1) is 5.82 Å². The van der Waals surface area contributed by atoms with E-state index in [-0.39, 0.29) is 11.9 Å². The lowest BCUT2D eigenvalue weighted by Gasteiger charge is -2.24. The van der Waals surface area contributed by atoms with Crippen LogP contribution in [0.5, 0.6) is 5.75 Å². The lowest BCUT2D eigenvalue weighted by atomic mass is 10.2. The molecule has 1 atom stereocenters. The molecule has 1 aromatic carbocycles. The topological polar surface area (TPSA) is 34.6 Å². The molecule has 0 amide bonds. The van der Waals surface area contributed by atoms with Crippen LogP contribution < -0.4 is 4.74 Å². The van der Waals surface area contributed by atoms with E-state index in [9.17, 15) is 4.39 Å². The van der Waals surface area contributed by atoms with Crippen molar-refractivity contribution in [2.24, 2.45) is 0 Å². The summed E-state index contributed by atoms with van der Waals surface area (Å²) in [6.07, 6.45) is 3.39. The Kier molecular flexibility index (Phi) is 4.98. The number of nitrogens with zero attached hydrogens (tertiary/aromatic N) is 2. The summed E-state index contributed by atoms with van der Waals surface area (Å²) in [7, 11) is 0. The van der Waals surface area contributed by atoms with Crippen molar-refractivity contribution >= 4 is 0 Å². The van der Waals surface area contributed by atoms with Crippen molar-refractivity contribution in [2.75, 3.05) is 26.3 Å². The number of aromatic nitrogens is 1. The lowest BCUT2D eigenvalue weighted by molar-refractivity contribution is 0.0708. The van der Waals surface area contributed by atoms with Crippen molar-refractivity contribution in [3.8, 4) is 5.75 Å². The van der Waals surface area contributed by atoms with Crippen LogP contribution in [0.4, 0.5) is 4.39 Å². The van der Waals surface area contributed by atoms with Crippen LogP contribution in [0.1, 0.15) is 5.56 Å². The van der Waals surface area contributed by atoms with E-state index in [0.717, 1.165) is 30.9 Å². The van der Waals surface area contributed by atoms with Gasteiger partial charge in [-0.25, -0.2) is 4.39 Å². The van der Waals surface area contributed by atoms with Gasteiger partial charge in [0.05, 0.1) is 19.4 Å². The molecule has 1 fully saturated rings. The fourth-order valence-electron chi connectivity index (χ4n) is 2.51. The second kappa shape index (κ2) is 7.33. The zero-order valence-corrected chi connectivity index (χ0v) is 12.3. The number of hydrogen-bond acceptors (Lipinski definition) is 4. The highest BCUT2D eigenvalue weighted by Crippen LogP contribution is 2.14. The largest absolute Gasteiger partial charge is 0.485 e. The van der Waals surface area contributed by atoms with E-state index in [4.69, 9.17) is 9.47 Å². The zero-order valence-electron chi connectivity index (χ0n) is 12.3. The molecule has 0 aliphatic carbocycles. The molecule has 116 valence electrons. The van der Waals surface area contributed by atoms with E-state index < -0.39 is 0 Å². The first-order chi connectivity index (χ1) is 10.8. The molecular weight excluding hydrogens is 283 g/mol. The molecule has 0 radical (unpaired) electrons. The van der Waals surface area contributed by atoms with E-state index in [1.54, 1.807) is 12.4 Å². The van der Waals surface area contributed by atoms with Crippen molar-refractivity contribution in [1.29, 1.82) is 0 Å². The van der Waals surface area contributed by atoms with Gasteiger partial charge in [0.15, 0.2) is 0 Å². The highest BCUT2D eigenvalue weighted by Gasteiger charge is 2.20. The van der Waals surface area contributed by atoms with Gasteiger partial charge < -0.3 is 9.47 Å². The summed E-state index contributed by atoms with van der Waals surface area (Å²) in [6, 6.07) is 10.4. The molecule has 1 aromatic heterocycles. The Morgan fingerprint density at radius 3 is 2.91 bits per heavy atom. The minimum atomic E-state index is -0.208. The number of pyridine rings is 1. The number of rotatable bonds is 4. The third-order valence-corrected chi connectivity index (χ3v) is 3.57. The normalized spacial score (nSPS) is 19.6. The maximum atomic E-state index is 13.0. The van der Waals surface area contributed by atoms with Crippen LogP contribution in [-0.4, -0.2) is 42.3 Å². The van der Waals surface area contributed by atoms with Crippen LogP contribution in [0.3, 0.4) is 0 Å². The molecule has 0 saturated carbocycles. The van der Waals surface area contributed by atoms with Gasteiger partial charge in [-0.1, -0.05) is 12.1 Å². The second-order valence-corrected chi connectivity index (χ2v) is 5.37. The predicted octanol–water partition coefficient (Wildman–Crippen LogP) is 2.50. The SMILES string of the molecule is Fc1ccc(CN2CCOC[C@H](Oc3cccnc3)C2)cc1. The summed E-state index contributed by atoms with van der Waals surface area (Å²) < 4.78 is 24.5. The van der Waals surface area contributed by atoms with Gasteiger partial charge in [-0.05, 0) is 29.8 Å². The highest BCUT2D eigenvalue weighted by molar-refractivity contribution is 5.17. The standard InChI is InChI=1S/C17H19FN2O2/c18-15-5-3-14(4-6-15)11-20-8-9-21-13-17(12-20)22-16-2-1-7-19-10-16/h1-7,10,17H,8-9,11-13H2/t17-/m1/s1. The minimum Gasteiger partial charge on any atom is -0.485 e. The first-order valence-corrected chi connectivity index (χ1v) is 7.41. The molecule has 0 N–H and O–H groups in total. The summed E-state index contributed by atoms with van der Waals surface area (Å²) in [5.74, 6) is 0.542. The zero-order chi connectivity index (χ0) is 15.2. The minimum absolute atomic E-state index is 0.0350. The highest BCUT2D eigenvalue weighted by atomic mass is 19.1. The van der Waals surface area contributed by atoms with Gasteiger partial charge in [0, 0.05) is 25.8 Å².